The van der Waals surface area contributed by atoms with Gasteiger partial charge in [0.1, 0.15) is 36.3 Å². The summed E-state index contributed by atoms with van der Waals surface area (Å²) in [4.78, 5) is 62.5. The van der Waals surface area contributed by atoms with E-state index in [0.29, 0.717) is 6.42 Å². The van der Waals surface area contributed by atoms with Gasteiger partial charge in [-0.15, -0.1) is 0 Å². The van der Waals surface area contributed by atoms with Gasteiger partial charge in [-0.2, -0.15) is 4.31 Å². The molecule has 0 spiro atoms. The molecule has 43 heavy (non-hydrogen) atoms. The van der Waals surface area contributed by atoms with Crippen LogP contribution in [0.4, 0.5) is 5.82 Å². The number of anilines is 1. The zero-order chi connectivity index (χ0) is 32.4. The number of nitrogen functional groups attached to an aromatic ring is 1. The Bertz CT molecular complexity index is 1440. The molecule has 0 saturated carbocycles. The summed E-state index contributed by atoms with van der Waals surface area (Å²) in [6, 6.07) is 0. The number of rotatable bonds is 15. The van der Waals surface area contributed by atoms with E-state index in [1.54, 1.807) is 6.92 Å². The van der Waals surface area contributed by atoms with Crippen molar-refractivity contribution in [2.75, 3.05) is 25.5 Å². The molecule has 2 aromatic heterocycles. The second-order valence-corrected chi connectivity index (χ2v) is 14.2. The Labute approximate surface area is 243 Å². The van der Waals surface area contributed by atoms with Gasteiger partial charge in [0.05, 0.1) is 19.5 Å². The van der Waals surface area contributed by atoms with E-state index in [0.717, 1.165) is 17.2 Å². The molecule has 0 radical (unpaired) electrons. The molecule has 1 saturated heterocycles. The molecule has 21 nitrogen and oxygen atoms in total. The quantitative estimate of drug-likeness (QED) is 0.108. The van der Waals surface area contributed by atoms with Crippen molar-refractivity contribution in [2.24, 2.45) is 5.41 Å². The standard InChI is InChI=1S/C19H33N6O15P3/c1-4-5-21-17(28)14(27)19(2,3)7-37-43(34,35)40-42(32,33)36-6-10-13(39-41(29,30)31)12(26)18(38-10)25-9-24-11-15(20)22-8-23-16(11)25/h8-10,12-14,18,26-27H,4-7H2,1-3H3,(H,21,28)(H,32,33)(H,34,35)(H2,20,22,23)(H2,29,30,31)/t10?,12-,13?,14?,18?/m0/s1. The third kappa shape index (κ3) is 9.29. The number of hydrogen-bond acceptors (Lipinski definition) is 15. The van der Waals surface area contributed by atoms with Crippen molar-refractivity contribution >= 4 is 46.4 Å². The fourth-order valence-electron chi connectivity index (χ4n) is 3.80. The van der Waals surface area contributed by atoms with Crippen LogP contribution >= 0.6 is 23.5 Å². The van der Waals surface area contributed by atoms with E-state index < -0.39 is 78.6 Å². The Kier molecular flexibility index (Phi) is 11.2. The van der Waals surface area contributed by atoms with Crippen molar-refractivity contribution in [3.8, 4) is 0 Å². The van der Waals surface area contributed by atoms with Crippen molar-refractivity contribution in [1.29, 1.82) is 0 Å². The smallest absolute Gasteiger partial charge is 0.386 e. The molecule has 2 aromatic rings. The lowest BCUT2D eigenvalue weighted by molar-refractivity contribution is -0.136. The van der Waals surface area contributed by atoms with Crippen LogP contribution in [0, 0.1) is 5.41 Å². The minimum atomic E-state index is -5.48. The Morgan fingerprint density at radius 3 is 2.44 bits per heavy atom. The van der Waals surface area contributed by atoms with Crippen LogP contribution in [0.25, 0.3) is 11.2 Å². The van der Waals surface area contributed by atoms with Gasteiger partial charge in [-0.1, -0.05) is 20.8 Å². The van der Waals surface area contributed by atoms with Gasteiger partial charge in [0.25, 0.3) is 0 Å². The van der Waals surface area contributed by atoms with Crippen molar-refractivity contribution in [2.45, 2.75) is 57.8 Å². The molecule has 24 heteroatoms. The van der Waals surface area contributed by atoms with E-state index in [1.165, 1.54) is 13.8 Å². The summed E-state index contributed by atoms with van der Waals surface area (Å²) in [7, 11) is -16.1. The van der Waals surface area contributed by atoms with Crippen LogP contribution < -0.4 is 11.1 Å². The van der Waals surface area contributed by atoms with E-state index in [4.69, 9.17) is 19.5 Å². The monoisotopic (exact) mass is 678 g/mol. The van der Waals surface area contributed by atoms with Crippen LogP contribution in [-0.4, -0.2) is 99.4 Å². The lowest BCUT2D eigenvalue weighted by atomic mass is 9.87. The van der Waals surface area contributed by atoms with Crippen LogP contribution in [-0.2, 0) is 41.1 Å². The van der Waals surface area contributed by atoms with Gasteiger partial charge in [-0.25, -0.2) is 28.6 Å². The minimum Gasteiger partial charge on any atom is -0.386 e. The third-order valence-corrected chi connectivity index (χ3v) is 9.08. The second kappa shape index (κ2) is 13.6. The average Bonchev–Trinajstić information content (AvgIpc) is 3.45. The number of aliphatic hydroxyl groups excluding tert-OH is 2. The van der Waals surface area contributed by atoms with E-state index >= 15 is 0 Å². The Morgan fingerprint density at radius 2 is 1.81 bits per heavy atom. The Balaban J connectivity index is 1.69. The lowest BCUT2D eigenvalue weighted by Crippen LogP contribution is -2.46. The van der Waals surface area contributed by atoms with Gasteiger partial charge in [-0.05, 0) is 6.42 Å². The van der Waals surface area contributed by atoms with Crippen LogP contribution in [0.1, 0.15) is 33.4 Å². The van der Waals surface area contributed by atoms with E-state index in [1.807, 2.05) is 0 Å². The summed E-state index contributed by atoms with van der Waals surface area (Å²) in [6.45, 7) is 2.84. The number of ether oxygens (including phenoxy) is 1. The largest absolute Gasteiger partial charge is 0.481 e. The van der Waals surface area contributed by atoms with Crippen molar-refractivity contribution in [3.05, 3.63) is 12.7 Å². The molecule has 0 bridgehead atoms. The first-order valence-electron chi connectivity index (χ1n) is 12.4. The number of imidazole rings is 1. The molecule has 1 aliphatic rings. The second-order valence-electron chi connectivity index (χ2n) is 9.97. The van der Waals surface area contributed by atoms with Crippen molar-refractivity contribution < 1.29 is 70.9 Å². The molecular weight excluding hydrogens is 645 g/mol. The number of phosphoric acid groups is 3. The van der Waals surface area contributed by atoms with Gasteiger partial charge in [0.2, 0.25) is 5.91 Å². The highest BCUT2D eigenvalue weighted by Gasteiger charge is 2.50. The maximum Gasteiger partial charge on any atom is 0.481 e. The number of amides is 1. The van der Waals surface area contributed by atoms with E-state index in [-0.39, 0.29) is 23.5 Å². The molecule has 3 rings (SSSR count). The lowest BCUT2D eigenvalue weighted by Gasteiger charge is -2.30. The summed E-state index contributed by atoms with van der Waals surface area (Å²) >= 11 is 0. The number of carbonyl (C=O) groups excluding carboxylic acids is 1. The number of aliphatic hydroxyl groups is 2. The first kappa shape index (κ1) is 35.5. The number of nitrogens with one attached hydrogen (secondary N) is 1. The highest BCUT2D eigenvalue weighted by Crippen LogP contribution is 2.61. The van der Waals surface area contributed by atoms with Crippen molar-refractivity contribution in [1.82, 2.24) is 24.8 Å². The minimum absolute atomic E-state index is 0.0224. The van der Waals surface area contributed by atoms with Crippen molar-refractivity contribution in [3.63, 3.8) is 0 Å². The molecule has 3 heterocycles. The predicted octanol–water partition coefficient (Wildman–Crippen LogP) is -0.691. The van der Waals surface area contributed by atoms with Gasteiger partial charge in [0.15, 0.2) is 17.7 Å². The fraction of sp³-hybridized carbons (Fsp3) is 0.684. The molecule has 6 unspecified atom stereocenters. The van der Waals surface area contributed by atoms with Gasteiger partial charge >= 0.3 is 23.5 Å². The zero-order valence-electron chi connectivity index (χ0n) is 22.9. The van der Waals surface area contributed by atoms with Crippen LogP contribution in [0.2, 0.25) is 0 Å². The Morgan fingerprint density at radius 1 is 1.16 bits per heavy atom. The van der Waals surface area contributed by atoms with Gasteiger partial charge in [0, 0.05) is 12.0 Å². The first-order valence-corrected chi connectivity index (χ1v) is 16.9. The summed E-state index contributed by atoms with van der Waals surface area (Å²) in [6.07, 6.45) is -5.77. The third-order valence-electron chi connectivity index (χ3n) is 5.98. The van der Waals surface area contributed by atoms with Crippen LogP contribution in [0.3, 0.4) is 0 Å². The molecule has 1 aliphatic heterocycles. The first-order chi connectivity index (χ1) is 19.8. The maximum absolute atomic E-state index is 12.5. The maximum atomic E-state index is 12.5. The number of hydrogen-bond donors (Lipinski definition) is 8. The molecule has 244 valence electrons. The summed E-state index contributed by atoms with van der Waals surface area (Å²) in [5.41, 5.74) is 4.45. The molecule has 1 fully saturated rings. The SMILES string of the molecule is CCCNC(=O)C(O)C(C)(C)COP(=O)(O)OP(=O)(O)OCC1OC(n2cnc3c(N)ncnc32)[C@@H](O)C1OP(=O)(O)O. The number of carbonyl (C=O) groups is 1. The van der Waals surface area contributed by atoms with Gasteiger partial charge in [-0.3, -0.25) is 22.9 Å². The summed E-state index contributed by atoms with van der Waals surface area (Å²) in [5.74, 6) is -0.796. The molecule has 0 aliphatic carbocycles. The average molecular weight is 678 g/mol. The normalized spacial score (nSPS) is 24.9. The number of aromatic nitrogens is 4. The number of nitrogens with two attached hydrogens (primary N) is 1. The predicted molar refractivity (Wildman–Crippen MR) is 142 cm³/mol. The Hall–Kier alpha value is -1.93. The molecular formula is C19H33N6O15P3. The topological polar surface area (TPSA) is 317 Å². The summed E-state index contributed by atoms with van der Waals surface area (Å²) in [5, 5.41) is 23.5. The molecule has 9 N–H and O–H groups in total. The number of phosphoric ester groups is 3. The highest BCUT2D eigenvalue weighted by atomic mass is 31.3. The highest BCUT2D eigenvalue weighted by molar-refractivity contribution is 7.61. The van der Waals surface area contributed by atoms with Crippen LogP contribution in [0.5, 0.6) is 0 Å². The number of fused-ring (bicyclic) bond motifs is 1. The fourth-order valence-corrected chi connectivity index (χ4v) is 6.63. The van der Waals surface area contributed by atoms with Gasteiger partial charge < -0.3 is 45.6 Å². The number of nitrogens with zero attached hydrogens (tertiary/aromatic N) is 4. The van der Waals surface area contributed by atoms with Crippen LogP contribution in [0.15, 0.2) is 12.7 Å². The van der Waals surface area contributed by atoms with E-state index in [2.05, 4.69) is 29.1 Å². The molecule has 0 aromatic carbocycles. The van der Waals surface area contributed by atoms with E-state index in [9.17, 15) is 48.3 Å². The molecule has 7 atom stereocenters. The zero-order valence-corrected chi connectivity index (χ0v) is 25.6. The summed E-state index contributed by atoms with van der Waals surface area (Å²) < 4.78 is 61.4. The molecule has 1 amide bonds.